The first-order valence-electron chi connectivity index (χ1n) is 11.6. The average molecular weight is 487 g/mol. The maximum atomic E-state index is 6.59. The quantitative estimate of drug-likeness (QED) is 0.403. The van der Waals surface area contributed by atoms with Crippen molar-refractivity contribution in [3.63, 3.8) is 0 Å². The Morgan fingerprint density at radius 1 is 1.18 bits per heavy atom. The van der Waals surface area contributed by atoms with E-state index >= 15 is 0 Å². The molecule has 3 aromatic rings. The Morgan fingerprint density at radius 3 is 2.74 bits per heavy atom. The van der Waals surface area contributed by atoms with Gasteiger partial charge in [-0.15, -0.1) is 0 Å². The second-order valence-corrected chi connectivity index (χ2v) is 8.83. The molecule has 4 rings (SSSR count). The molecule has 3 heterocycles. The fourth-order valence-corrected chi connectivity index (χ4v) is 4.18. The number of rotatable bonds is 10. The molecule has 1 saturated heterocycles. The van der Waals surface area contributed by atoms with Gasteiger partial charge in [0.15, 0.2) is 5.82 Å². The summed E-state index contributed by atoms with van der Waals surface area (Å²) in [6, 6.07) is 5.52. The summed E-state index contributed by atoms with van der Waals surface area (Å²) < 4.78 is 23.2. The molecule has 1 fully saturated rings. The van der Waals surface area contributed by atoms with Gasteiger partial charge in [-0.2, -0.15) is 4.98 Å². The molecule has 0 saturated carbocycles. The predicted octanol–water partition coefficient (Wildman–Crippen LogP) is 4.92. The van der Waals surface area contributed by atoms with Gasteiger partial charge >= 0.3 is 0 Å². The highest BCUT2D eigenvalue weighted by atomic mass is 35.5. The normalized spacial score (nSPS) is 15.6. The molecular formula is C25H31ClN4O4. The second-order valence-electron chi connectivity index (χ2n) is 8.42. The number of hydrogen-bond donors (Lipinski definition) is 1. The minimum atomic E-state index is 0.0678. The monoisotopic (exact) mass is 486 g/mol. The van der Waals surface area contributed by atoms with E-state index < -0.39 is 0 Å². The van der Waals surface area contributed by atoms with Crippen LogP contribution in [-0.2, 0) is 4.74 Å². The van der Waals surface area contributed by atoms with Crippen molar-refractivity contribution in [1.82, 2.24) is 20.4 Å². The van der Waals surface area contributed by atoms with Gasteiger partial charge in [-0.1, -0.05) is 16.8 Å². The molecular weight excluding hydrogens is 456 g/mol. The number of hydrogen-bond acceptors (Lipinski definition) is 8. The topological polar surface area (TPSA) is 91.5 Å². The lowest BCUT2D eigenvalue weighted by molar-refractivity contribution is 0.0661. The number of aryl methyl sites for hydroxylation is 2. The van der Waals surface area contributed by atoms with Gasteiger partial charge in [0.25, 0.3) is 0 Å². The predicted molar refractivity (Wildman–Crippen MR) is 131 cm³/mol. The third kappa shape index (κ3) is 5.51. The zero-order valence-corrected chi connectivity index (χ0v) is 20.9. The Kier molecular flexibility index (Phi) is 8.03. The van der Waals surface area contributed by atoms with Crippen LogP contribution >= 0.6 is 11.6 Å². The Bertz CT molecular complexity index is 1110. The van der Waals surface area contributed by atoms with E-state index in [0.29, 0.717) is 52.7 Å². The molecule has 0 amide bonds. The van der Waals surface area contributed by atoms with E-state index in [1.807, 2.05) is 40.0 Å². The lowest BCUT2D eigenvalue weighted by atomic mass is 10.1. The number of halogens is 1. The van der Waals surface area contributed by atoms with Gasteiger partial charge in [0.2, 0.25) is 5.88 Å². The Hall–Kier alpha value is -2.68. The largest absolute Gasteiger partial charge is 0.494 e. The second kappa shape index (κ2) is 11.2. The van der Waals surface area contributed by atoms with Crippen molar-refractivity contribution in [2.24, 2.45) is 0 Å². The van der Waals surface area contributed by atoms with Gasteiger partial charge in [-0.3, -0.25) is 0 Å². The van der Waals surface area contributed by atoms with E-state index in [0.717, 1.165) is 49.2 Å². The number of nitrogens with one attached hydrogen (secondary N) is 1. The van der Waals surface area contributed by atoms with Crippen LogP contribution in [0.2, 0.25) is 5.02 Å². The van der Waals surface area contributed by atoms with Gasteiger partial charge in [-0.25, -0.2) is 4.98 Å². The third-order valence-electron chi connectivity index (χ3n) is 5.82. The summed E-state index contributed by atoms with van der Waals surface area (Å²) in [4.78, 5) is 9.64. The van der Waals surface area contributed by atoms with Crippen LogP contribution in [0.25, 0.3) is 22.6 Å². The van der Waals surface area contributed by atoms with Crippen molar-refractivity contribution in [3.05, 3.63) is 40.2 Å². The van der Waals surface area contributed by atoms with Crippen molar-refractivity contribution in [3.8, 4) is 34.3 Å². The van der Waals surface area contributed by atoms with Crippen LogP contribution in [0.5, 0.6) is 11.6 Å². The summed E-state index contributed by atoms with van der Waals surface area (Å²) in [5.41, 5.74) is 3.77. The SMILES string of the molecule is CNCCCOc1ccc(Cl)c(-c2nc(OCC3CCCO3)c(C)c(-c3c(C)noc3C)n2)c1. The van der Waals surface area contributed by atoms with E-state index in [1.165, 1.54) is 0 Å². The molecule has 0 bridgehead atoms. The van der Waals surface area contributed by atoms with Crippen molar-refractivity contribution < 1.29 is 18.7 Å². The third-order valence-corrected chi connectivity index (χ3v) is 6.15. The van der Waals surface area contributed by atoms with E-state index in [-0.39, 0.29) is 6.10 Å². The molecule has 0 radical (unpaired) electrons. The molecule has 182 valence electrons. The van der Waals surface area contributed by atoms with Gasteiger partial charge in [0, 0.05) is 17.7 Å². The Labute approximate surface area is 205 Å². The number of nitrogens with zero attached hydrogens (tertiary/aromatic N) is 3. The highest BCUT2D eigenvalue weighted by molar-refractivity contribution is 6.33. The first-order valence-corrected chi connectivity index (χ1v) is 12.0. The molecule has 2 aromatic heterocycles. The Morgan fingerprint density at radius 2 is 2.03 bits per heavy atom. The van der Waals surface area contributed by atoms with Crippen molar-refractivity contribution in [2.75, 3.05) is 33.4 Å². The summed E-state index contributed by atoms with van der Waals surface area (Å²) in [5.74, 6) is 2.34. The minimum absolute atomic E-state index is 0.0678. The van der Waals surface area contributed by atoms with Gasteiger partial charge in [0.1, 0.15) is 18.1 Å². The van der Waals surface area contributed by atoms with Crippen LogP contribution in [0.3, 0.4) is 0 Å². The van der Waals surface area contributed by atoms with Crippen LogP contribution in [-0.4, -0.2) is 54.6 Å². The molecule has 9 heteroatoms. The van der Waals surface area contributed by atoms with E-state index in [9.17, 15) is 0 Å². The van der Waals surface area contributed by atoms with Crippen LogP contribution in [0.1, 0.15) is 36.3 Å². The summed E-state index contributed by atoms with van der Waals surface area (Å²) in [6.45, 7) is 8.38. The summed E-state index contributed by atoms with van der Waals surface area (Å²) in [5, 5.41) is 7.75. The average Bonchev–Trinajstić information content (AvgIpc) is 3.47. The van der Waals surface area contributed by atoms with Crippen molar-refractivity contribution in [2.45, 2.75) is 46.1 Å². The van der Waals surface area contributed by atoms with Crippen molar-refractivity contribution in [1.29, 1.82) is 0 Å². The molecule has 1 atom stereocenters. The summed E-state index contributed by atoms with van der Waals surface area (Å²) in [7, 11) is 1.92. The van der Waals surface area contributed by atoms with E-state index in [2.05, 4.69) is 10.5 Å². The summed E-state index contributed by atoms with van der Waals surface area (Å²) >= 11 is 6.59. The van der Waals surface area contributed by atoms with Gasteiger partial charge in [-0.05, 0) is 71.8 Å². The van der Waals surface area contributed by atoms with E-state index in [4.69, 9.17) is 40.3 Å². The lowest BCUT2D eigenvalue weighted by Gasteiger charge is -2.16. The highest BCUT2D eigenvalue weighted by Crippen LogP contribution is 2.36. The van der Waals surface area contributed by atoms with E-state index in [1.54, 1.807) is 6.07 Å². The first-order chi connectivity index (χ1) is 16.5. The maximum Gasteiger partial charge on any atom is 0.220 e. The molecule has 0 spiro atoms. The van der Waals surface area contributed by atoms with Crippen LogP contribution in [0.15, 0.2) is 22.7 Å². The smallest absolute Gasteiger partial charge is 0.220 e. The first kappa shape index (κ1) is 24.4. The molecule has 1 aliphatic rings. The van der Waals surface area contributed by atoms with Crippen LogP contribution in [0.4, 0.5) is 0 Å². The Balaban J connectivity index is 1.73. The maximum absolute atomic E-state index is 6.59. The standard InChI is InChI=1S/C25H31ClN4O4/c1-15-23(22-16(2)30-34-17(22)3)28-24(29-25(15)33-14-19-7-5-11-32-19)20-13-18(8-9-21(20)26)31-12-6-10-27-4/h8-9,13,19,27H,5-7,10-12,14H2,1-4H3. The zero-order valence-electron chi connectivity index (χ0n) is 20.1. The number of aromatic nitrogens is 3. The molecule has 1 unspecified atom stereocenters. The van der Waals surface area contributed by atoms with Gasteiger partial charge in [0.05, 0.1) is 34.7 Å². The molecule has 34 heavy (non-hydrogen) atoms. The molecule has 8 nitrogen and oxygen atoms in total. The highest BCUT2D eigenvalue weighted by Gasteiger charge is 2.23. The van der Waals surface area contributed by atoms with Crippen LogP contribution < -0.4 is 14.8 Å². The fourth-order valence-electron chi connectivity index (χ4n) is 3.97. The fraction of sp³-hybridized carbons (Fsp3) is 0.480. The zero-order chi connectivity index (χ0) is 24.1. The summed E-state index contributed by atoms with van der Waals surface area (Å²) in [6.07, 6.45) is 2.99. The minimum Gasteiger partial charge on any atom is -0.494 e. The molecule has 1 N–H and O–H groups in total. The molecule has 1 aliphatic heterocycles. The molecule has 0 aliphatic carbocycles. The number of ether oxygens (including phenoxy) is 3. The number of benzene rings is 1. The van der Waals surface area contributed by atoms with Gasteiger partial charge < -0.3 is 24.1 Å². The van der Waals surface area contributed by atoms with Crippen molar-refractivity contribution >= 4 is 11.6 Å². The van der Waals surface area contributed by atoms with Crippen LogP contribution in [0, 0.1) is 20.8 Å². The molecule has 1 aromatic carbocycles. The lowest BCUT2D eigenvalue weighted by Crippen LogP contribution is -2.17.